The van der Waals surface area contributed by atoms with Gasteiger partial charge >= 0.3 is 6.03 Å². The van der Waals surface area contributed by atoms with Crippen LogP contribution in [0.25, 0.3) is 0 Å². The average Bonchev–Trinajstić information content (AvgIpc) is 3.00. The number of hydrogen-bond acceptors (Lipinski definition) is 4. The molecule has 4 rings (SSSR count). The number of imide groups is 1. The number of benzene rings is 1. The predicted molar refractivity (Wildman–Crippen MR) is 116 cm³/mol. The summed E-state index contributed by atoms with van der Waals surface area (Å²) in [5.41, 5.74) is 1.10. The number of carbonyl (C=O) groups excluding carboxylic acids is 3. The Morgan fingerprint density at radius 2 is 1.53 bits per heavy atom. The lowest BCUT2D eigenvalue weighted by Crippen LogP contribution is -2.49. The lowest BCUT2D eigenvalue weighted by molar-refractivity contribution is -0.136. The quantitative estimate of drug-likeness (QED) is 0.767. The Morgan fingerprint density at radius 1 is 0.933 bits per heavy atom. The summed E-state index contributed by atoms with van der Waals surface area (Å²) < 4.78 is 0. The number of carbonyl (C=O) groups is 3. The van der Waals surface area contributed by atoms with E-state index in [0.29, 0.717) is 18.5 Å². The van der Waals surface area contributed by atoms with Crippen LogP contribution in [0.15, 0.2) is 24.3 Å². The van der Waals surface area contributed by atoms with E-state index in [1.807, 2.05) is 24.3 Å². The van der Waals surface area contributed by atoms with Gasteiger partial charge in [-0.05, 0) is 49.9 Å². The number of nitrogens with zero attached hydrogens (tertiary/aromatic N) is 3. The third-order valence-electron chi connectivity index (χ3n) is 6.91. The van der Waals surface area contributed by atoms with Crippen LogP contribution < -0.4 is 10.2 Å². The number of rotatable bonds is 4. The molecule has 1 aromatic carbocycles. The van der Waals surface area contributed by atoms with E-state index in [9.17, 15) is 14.4 Å². The zero-order valence-electron chi connectivity index (χ0n) is 17.9. The Hall–Kier alpha value is -2.57. The lowest BCUT2D eigenvalue weighted by atomic mass is 9.81. The van der Waals surface area contributed by atoms with Gasteiger partial charge in [0.05, 0.1) is 0 Å². The molecule has 0 unspecified atom stereocenters. The number of likely N-dealkylation sites (N-methyl/N-ethyl adjacent to an activating group) is 1. The fourth-order valence-corrected chi connectivity index (χ4v) is 5.10. The molecule has 1 N–H and O–H groups in total. The standard InChI is InChI=1S/C23H32N4O3/c1-25-22(30)27(21(29)23(25)13-5-4-6-14-23)17-20(28)24-18-9-11-19(12-10-18)26-15-7-2-3-8-16-26/h9-12H,2-8,13-17H2,1H3,(H,24,28). The summed E-state index contributed by atoms with van der Waals surface area (Å²) in [6.45, 7) is 1.90. The molecule has 2 saturated heterocycles. The minimum atomic E-state index is -0.746. The smallest absolute Gasteiger partial charge is 0.327 e. The van der Waals surface area contributed by atoms with Gasteiger partial charge in [0.15, 0.2) is 0 Å². The van der Waals surface area contributed by atoms with Crippen LogP contribution in [0.5, 0.6) is 0 Å². The third-order valence-corrected chi connectivity index (χ3v) is 6.91. The first-order chi connectivity index (χ1) is 14.5. The van der Waals surface area contributed by atoms with Crippen LogP contribution in [-0.4, -0.2) is 59.9 Å². The molecule has 30 heavy (non-hydrogen) atoms. The molecule has 0 radical (unpaired) electrons. The number of amides is 4. The topological polar surface area (TPSA) is 73.0 Å². The highest BCUT2D eigenvalue weighted by molar-refractivity contribution is 6.10. The summed E-state index contributed by atoms with van der Waals surface area (Å²) in [6.07, 6.45) is 9.33. The normalized spacial score (nSPS) is 21.8. The van der Waals surface area contributed by atoms with Gasteiger partial charge in [-0.15, -0.1) is 0 Å². The molecule has 0 aromatic heterocycles. The molecule has 0 atom stereocenters. The molecule has 1 aromatic rings. The first-order valence-electron chi connectivity index (χ1n) is 11.3. The van der Waals surface area contributed by atoms with Gasteiger partial charge < -0.3 is 15.1 Å². The minimum Gasteiger partial charge on any atom is -0.372 e. The Labute approximate surface area is 178 Å². The van der Waals surface area contributed by atoms with Crippen LogP contribution >= 0.6 is 0 Å². The van der Waals surface area contributed by atoms with Crippen molar-refractivity contribution in [2.24, 2.45) is 0 Å². The van der Waals surface area contributed by atoms with E-state index < -0.39 is 5.54 Å². The van der Waals surface area contributed by atoms with E-state index in [2.05, 4.69) is 10.2 Å². The second-order valence-electron chi connectivity index (χ2n) is 8.82. The van der Waals surface area contributed by atoms with E-state index in [4.69, 9.17) is 0 Å². The molecule has 3 aliphatic rings. The fourth-order valence-electron chi connectivity index (χ4n) is 5.10. The lowest BCUT2D eigenvalue weighted by Gasteiger charge is -2.35. The van der Waals surface area contributed by atoms with Gasteiger partial charge in [0, 0.05) is 31.5 Å². The summed E-state index contributed by atoms with van der Waals surface area (Å²) in [7, 11) is 1.69. The molecular weight excluding hydrogens is 380 g/mol. The van der Waals surface area contributed by atoms with Crippen LogP contribution in [0, 0.1) is 0 Å². The van der Waals surface area contributed by atoms with Gasteiger partial charge in [0.2, 0.25) is 5.91 Å². The van der Waals surface area contributed by atoms with E-state index >= 15 is 0 Å². The molecular formula is C23H32N4O3. The Bertz CT molecular complexity index is 793. The highest BCUT2D eigenvalue weighted by Crippen LogP contribution is 2.39. The zero-order chi connectivity index (χ0) is 21.1. The molecule has 7 heteroatoms. The molecule has 1 spiro atoms. The number of hydrogen-bond donors (Lipinski definition) is 1. The molecule has 1 saturated carbocycles. The van der Waals surface area contributed by atoms with E-state index in [-0.39, 0.29) is 24.4 Å². The Kier molecular flexibility index (Phi) is 5.97. The highest BCUT2D eigenvalue weighted by atomic mass is 16.2. The van der Waals surface area contributed by atoms with Gasteiger partial charge in [-0.2, -0.15) is 0 Å². The largest absolute Gasteiger partial charge is 0.372 e. The monoisotopic (exact) mass is 412 g/mol. The molecule has 2 aliphatic heterocycles. The van der Waals surface area contributed by atoms with Crippen molar-refractivity contribution in [1.82, 2.24) is 9.80 Å². The van der Waals surface area contributed by atoms with E-state index in [1.165, 1.54) is 31.4 Å². The SMILES string of the molecule is CN1C(=O)N(CC(=O)Nc2ccc(N3CCCCCC3)cc2)C(=O)C12CCCCC2. The van der Waals surface area contributed by atoms with Crippen molar-refractivity contribution in [2.45, 2.75) is 63.3 Å². The van der Waals surface area contributed by atoms with Gasteiger partial charge in [0.1, 0.15) is 12.1 Å². The number of urea groups is 1. The second-order valence-corrected chi connectivity index (χ2v) is 8.82. The maximum atomic E-state index is 13.0. The van der Waals surface area contributed by atoms with Crippen molar-refractivity contribution in [3.8, 4) is 0 Å². The molecule has 162 valence electrons. The van der Waals surface area contributed by atoms with E-state index in [0.717, 1.165) is 37.3 Å². The van der Waals surface area contributed by atoms with Crippen molar-refractivity contribution in [1.29, 1.82) is 0 Å². The molecule has 7 nitrogen and oxygen atoms in total. The molecule has 1 aliphatic carbocycles. The number of nitrogens with one attached hydrogen (secondary N) is 1. The first-order valence-corrected chi connectivity index (χ1v) is 11.3. The average molecular weight is 413 g/mol. The van der Waals surface area contributed by atoms with Crippen molar-refractivity contribution >= 4 is 29.2 Å². The van der Waals surface area contributed by atoms with Crippen LogP contribution in [-0.2, 0) is 9.59 Å². The van der Waals surface area contributed by atoms with Gasteiger partial charge in [-0.1, -0.05) is 32.1 Å². The highest BCUT2D eigenvalue weighted by Gasteiger charge is 2.55. The molecule has 2 heterocycles. The maximum Gasteiger partial charge on any atom is 0.327 e. The summed E-state index contributed by atoms with van der Waals surface area (Å²) in [4.78, 5) is 43.3. The van der Waals surface area contributed by atoms with Gasteiger partial charge in [0.25, 0.3) is 5.91 Å². The summed E-state index contributed by atoms with van der Waals surface area (Å²) in [5.74, 6) is -0.568. The van der Waals surface area contributed by atoms with Crippen LogP contribution in [0.1, 0.15) is 57.8 Å². The maximum absolute atomic E-state index is 13.0. The van der Waals surface area contributed by atoms with Crippen LogP contribution in [0.4, 0.5) is 16.2 Å². The molecule has 4 amide bonds. The Morgan fingerprint density at radius 3 is 2.17 bits per heavy atom. The summed E-state index contributed by atoms with van der Waals surface area (Å²) >= 11 is 0. The van der Waals surface area contributed by atoms with Gasteiger partial charge in [-0.3, -0.25) is 14.5 Å². The predicted octanol–water partition coefficient (Wildman–Crippen LogP) is 3.60. The molecule has 0 bridgehead atoms. The summed E-state index contributed by atoms with van der Waals surface area (Å²) in [5, 5.41) is 2.84. The number of anilines is 2. The van der Waals surface area contributed by atoms with Crippen LogP contribution in [0.2, 0.25) is 0 Å². The van der Waals surface area contributed by atoms with Crippen molar-refractivity contribution in [3.05, 3.63) is 24.3 Å². The Balaban J connectivity index is 1.37. The van der Waals surface area contributed by atoms with Gasteiger partial charge in [-0.25, -0.2) is 4.79 Å². The van der Waals surface area contributed by atoms with Crippen molar-refractivity contribution < 1.29 is 14.4 Å². The summed E-state index contributed by atoms with van der Waals surface area (Å²) in [6, 6.07) is 7.46. The van der Waals surface area contributed by atoms with Crippen molar-refractivity contribution in [3.63, 3.8) is 0 Å². The van der Waals surface area contributed by atoms with E-state index in [1.54, 1.807) is 11.9 Å². The first kappa shape index (κ1) is 20.7. The van der Waals surface area contributed by atoms with Crippen molar-refractivity contribution in [2.75, 3.05) is 36.9 Å². The minimum absolute atomic E-state index is 0.221. The second kappa shape index (κ2) is 8.66. The molecule has 3 fully saturated rings. The fraction of sp³-hybridized carbons (Fsp3) is 0.609. The zero-order valence-corrected chi connectivity index (χ0v) is 17.9. The van der Waals surface area contributed by atoms with Crippen LogP contribution in [0.3, 0.4) is 0 Å². The third kappa shape index (κ3) is 3.89.